The average molecular weight is 413 g/mol. The molecule has 148 valence electrons. The fourth-order valence-electron chi connectivity index (χ4n) is 3.64. The average Bonchev–Trinajstić information content (AvgIpc) is 2.84. The quantitative estimate of drug-likeness (QED) is 0.652. The Morgan fingerprint density at radius 3 is 2.63 bits per heavy atom. The van der Waals surface area contributed by atoms with Gasteiger partial charge in [-0.25, -0.2) is 4.98 Å². The van der Waals surface area contributed by atoms with Crippen LogP contribution in [-0.2, 0) is 11.2 Å². The fraction of sp³-hybridized carbons (Fsp3) is 0.600. The molecule has 0 spiro atoms. The molecule has 0 unspecified atom stereocenters. The van der Waals surface area contributed by atoms with Crippen molar-refractivity contribution in [3.05, 3.63) is 21.9 Å². The van der Waals surface area contributed by atoms with Crippen molar-refractivity contribution in [1.82, 2.24) is 9.55 Å². The molecule has 0 bridgehead atoms. The number of ether oxygens (including phenoxy) is 1. The van der Waals surface area contributed by atoms with Crippen molar-refractivity contribution < 1.29 is 14.6 Å². The Labute approximate surface area is 169 Å². The molecule has 2 aromatic rings. The van der Waals surface area contributed by atoms with Crippen LogP contribution < -0.4 is 4.74 Å². The first-order chi connectivity index (χ1) is 12.7. The van der Waals surface area contributed by atoms with Crippen LogP contribution in [0.5, 0.6) is 5.75 Å². The number of nitrogens with zero attached hydrogens (tertiary/aromatic N) is 2. The van der Waals surface area contributed by atoms with E-state index in [2.05, 4.69) is 4.57 Å². The summed E-state index contributed by atoms with van der Waals surface area (Å²) >= 11 is 12.7. The number of rotatable bonds is 8. The number of ketones is 1. The van der Waals surface area contributed by atoms with Crippen LogP contribution in [0.4, 0.5) is 0 Å². The molecule has 0 amide bonds. The Balaban J connectivity index is 1.89. The maximum Gasteiger partial charge on any atom is 0.163 e. The van der Waals surface area contributed by atoms with Crippen molar-refractivity contribution in [3.8, 4) is 5.75 Å². The van der Waals surface area contributed by atoms with Crippen molar-refractivity contribution in [2.45, 2.75) is 70.4 Å². The first-order valence-electron chi connectivity index (χ1n) is 9.38. The van der Waals surface area contributed by atoms with Crippen molar-refractivity contribution in [2.75, 3.05) is 7.11 Å². The highest BCUT2D eigenvalue weighted by Gasteiger charge is 2.28. The van der Waals surface area contributed by atoms with Gasteiger partial charge in [0.15, 0.2) is 5.75 Å². The van der Waals surface area contributed by atoms with Crippen LogP contribution >= 0.6 is 23.2 Å². The Morgan fingerprint density at radius 2 is 2.07 bits per heavy atom. The number of Topliss-reactive ketones (excluding diaryl/α,β-unsaturated/α-hetero) is 1. The van der Waals surface area contributed by atoms with Crippen LogP contribution in [0.2, 0.25) is 10.0 Å². The minimum Gasteiger partial charge on any atom is -0.493 e. The lowest BCUT2D eigenvalue weighted by Crippen LogP contribution is -2.23. The molecule has 1 aromatic carbocycles. The number of methoxy groups -OCH3 is 1. The zero-order valence-corrected chi connectivity index (χ0v) is 17.5. The number of hydrogen-bond acceptors (Lipinski definition) is 4. The lowest BCUT2D eigenvalue weighted by atomic mass is 9.92. The molecule has 1 aromatic heterocycles. The highest BCUT2D eigenvalue weighted by Crippen LogP contribution is 2.43. The van der Waals surface area contributed by atoms with Gasteiger partial charge in [-0.3, -0.25) is 4.79 Å². The Morgan fingerprint density at radius 1 is 1.37 bits per heavy atom. The molecule has 1 aliphatic carbocycles. The van der Waals surface area contributed by atoms with Gasteiger partial charge in [0, 0.05) is 25.3 Å². The Bertz CT molecular complexity index is 851. The van der Waals surface area contributed by atoms with Crippen molar-refractivity contribution >= 4 is 40.0 Å². The molecule has 1 saturated carbocycles. The molecule has 7 heteroatoms. The van der Waals surface area contributed by atoms with Crippen molar-refractivity contribution in [3.63, 3.8) is 0 Å². The van der Waals surface area contributed by atoms with E-state index < -0.39 is 5.60 Å². The zero-order valence-electron chi connectivity index (χ0n) is 16.0. The molecule has 0 radical (unpaired) electrons. The molecule has 1 N–H and O–H groups in total. The van der Waals surface area contributed by atoms with Crippen LogP contribution in [0.3, 0.4) is 0 Å². The SMILES string of the molecule is COc1c(Cl)cc(Cl)c2nc(CCCC(=O)CC(C)(C)O)n(C3CCC3)c12. The van der Waals surface area contributed by atoms with Gasteiger partial charge in [0.2, 0.25) is 0 Å². The van der Waals surface area contributed by atoms with Crippen LogP contribution in [-0.4, -0.2) is 33.2 Å². The second-order valence-electron chi connectivity index (χ2n) is 7.93. The minimum atomic E-state index is -0.964. The molecule has 1 aliphatic rings. The molecule has 1 fully saturated rings. The van der Waals surface area contributed by atoms with E-state index >= 15 is 0 Å². The molecule has 0 saturated heterocycles. The molecule has 0 aliphatic heterocycles. The van der Waals surface area contributed by atoms with Gasteiger partial charge in [-0.2, -0.15) is 0 Å². The molecule has 27 heavy (non-hydrogen) atoms. The number of hydrogen-bond donors (Lipinski definition) is 1. The predicted molar refractivity (Wildman–Crippen MR) is 108 cm³/mol. The zero-order chi connectivity index (χ0) is 19.8. The third kappa shape index (κ3) is 4.41. The van der Waals surface area contributed by atoms with E-state index in [0.717, 1.165) is 24.2 Å². The van der Waals surface area contributed by atoms with E-state index in [1.807, 2.05) is 0 Å². The summed E-state index contributed by atoms with van der Waals surface area (Å²) in [5, 5.41) is 10.8. The van der Waals surface area contributed by atoms with E-state index in [0.29, 0.717) is 46.6 Å². The van der Waals surface area contributed by atoms with Gasteiger partial charge in [-0.1, -0.05) is 23.2 Å². The summed E-state index contributed by atoms with van der Waals surface area (Å²) in [6.07, 6.45) is 5.29. The number of fused-ring (bicyclic) bond motifs is 1. The summed E-state index contributed by atoms with van der Waals surface area (Å²) in [4.78, 5) is 16.8. The van der Waals surface area contributed by atoms with Gasteiger partial charge < -0.3 is 14.4 Å². The van der Waals surface area contributed by atoms with Gasteiger partial charge in [-0.15, -0.1) is 0 Å². The van der Waals surface area contributed by atoms with E-state index in [1.165, 1.54) is 6.42 Å². The second kappa shape index (κ2) is 7.98. The smallest absolute Gasteiger partial charge is 0.163 e. The second-order valence-corrected chi connectivity index (χ2v) is 8.75. The van der Waals surface area contributed by atoms with E-state index in [-0.39, 0.29) is 12.2 Å². The molecule has 5 nitrogen and oxygen atoms in total. The highest BCUT2D eigenvalue weighted by molar-refractivity contribution is 6.39. The monoisotopic (exact) mass is 412 g/mol. The van der Waals surface area contributed by atoms with Gasteiger partial charge in [0.1, 0.15) is 22.6 Å². The van der Waals surface area contributed by atoms with Crippen molar-refractivity contribution in [2.24, 2.45) is 0 Å². The first kappa shape index (κ1) is 20.4. The van der Waals surface area contributed by atoms with E-state index in [1.54, 1.807) is 27.0 Å². The molecule has 3 rings (SSSR count). The summed E-state index contributed by atoms with van der Waals surface area (Å²) in [5.41, 5.74) is 0.577. The lowest BCUT2D eigenvalue weighted by Gasteiger charge is -2.29. The number of imidazole rings is 1. The van der Waals surface area contributed by atoms with Crippen LogP contribution in [0, 0.1) is 0 Å². The van der Waals surface area contributed by atoms with Gasteiger partial charge >= 0.3 is 0 Å². The van der Waals surface area contributed by atoms with Gasteiger partial charge in [0.25, 0.3) is 0 Å². The number of aromatic nitrogens is 2. The minimum absolute atomic E-state index is 0.0625. The maximum absolute atomic E-state index is 12.1. The van der Waals surface area contributed by atoms with Gasteiger partial charge in [0.05, 0.1) is 22.8 Å². The third-order valence-electron chi connectivity index (χ3n) is 5.03. The largest absolute Gasteiger partial charge is 0.493 e. The van der Waals surface area contributed by atoms with Crippen LogP contribution in [0.1, 0.15) is 64.2 Å². The maximum atomic E-state index is 12.1. The topological polar surface area (TPSA) is 64.3 Å². The number of benzene rings is 1. The summed E-state index contributed by atoms with van der Waals surface area (Å²) < 4.78 is 7.75. The molecule has 0 atom stereocenters. The van der Waals surface area contributed by atoms with Crippen LogP contribution in [0.15, 0.2) is 6.07 Å². The van der Waals surface area contributed by atoms with Crippen molar-refractivity contribution in [1.29, 1.82) is 0 Å². The van der Waals surface area contributed by atoms with Gasteiger partial charge in [-0.05, 0) is 45.6 Å². The third-order valence-corrected chi connectivity index (χ3v) is 5.59. The van der Waals surface area contributed by atoms with Crippen LogP contribution in [0.25, 0.3) is 11.0 Å². The Hall–Kier alpha value is -1.30. The van der Waals surface area contributed by atoms with E-state index in [9.17, 15) is 9.90 Å². The van der Waals surface area contributed by atoms with E-state index in [4.69, 9.17) is 32.9 Å². The molecule has 1 heterocycles. The number of halogens is 2. The highest BCUT2D eigenvalue weighted by atomic mass is 35.5. The first-order valence-corrected chi connectivity index (χ1v) is 10.1. The standard InChI is InChI=1S/C20H26Cl2N2O3/c1-20(2,26)11-13(25)8-5-9-16-23-17-14(21)10-15(22)19(27-3)18(17)24(16)12-6-4-7-12/h10,12,26H,4-9,11H2,1-3H3. The molecular formula is C20H26Cl2N2O3. The fourth-order valence-corrected chi connectivity index (χ4v) is 4.22. The number of aryl methyl sites for hydroxylation is 1. The summed E-state index contributed by atoms with van der Waals surface area (Å²) in [7, 11) is 1.60. The molecular weight excluding hydrogens is 387 g/mol. The summed E-state index contributed by atoms with van der Waals surface area (Å²) in [5.74, 6) is 1.57. The Kier molecular flexibility index (Phi) is 6.04. The summed E-state index contributed by atoms with van der Waals surface area (Å²) in [6, 6.07) is 2.03. The number of aliphatic hydroxyl groups is 1. The number of carbonyl (C=O) groups excluding carboxylic acids is 1. The normalized spacial score (nSPS) is 15.2. The predicted octanol–water partition coefficient (Wildman–Crippen LogP) is 5.13. The number of carbonyl (C=O) groups is 1. The summed E-state index contributed by atoms with van der Waals surface area (Å²) in [6.45, 7) is 3.30. The lowest BCUT2D eigenvalue weighted by molar-refractivity contribution is -0.122.